The number of thioether (sulfide) groups is 1. The lowest BCUT2D eigenvalue weighted by atomic mass is 10.0. The smallest absolute Gasteiger partial charge is 0.237 e. The molecule has 0 bridgehead atoms. The summed E-state index contributed by atoms with van der Waals surface area (Å²) in [5.41, 5.74) is 5.01. The molecule has 0 spiro atoms. The number of pyridine rings is 1. The van der Waals surface area contributed by atoms with Crippen LogP contribution in [0.3, 0.4) is 0 Å². The molecular formula is C19H15BrN4OS. The van der Waals surface area contributed by atoms with Gasteiger partial charge in [-0.15, -0.1) is 0 Å². The van der Waals surface area contributed by atoms with Crippen molar-refractivity contribution in [3.8, 4) is 17.5 Å². The molecule has 130 valence electrons. The van der Waals surface area contributed by atoms with Crippen LogP contribution in [0.4, 0.5) is 0 Å². The third-order valence-electron chi connectivity index (χ3n) is 4.46. The Bertz CT molecular complexity index is 1020. The lowest BCUT2D eigenvalue weighted by molar-refractivity contribution is 0.391. The number of fused-ring (bicyclic) bond motifs is 1. The first-order valence-electron chi connectivity index (χ1n) is 8.29. The van der Waals surface area contributed by atoms with Crippen molar-refractivity contribution in [1.29, 1.82) is 5.26 Å². The lowest BCUT2D eigenvalue weighted by Gasteiger charge is -2.09. The SMILES string of the molecule is Cc1c(C#N)c(SCc2nc(-c3cccc(Br)c3)no2)nc2c1CCC2. The Hall–Kier alpha value is -2.17. The van der Waals surface area contributed by atoms with Gasteiger partial charge in [-0.2, -0.15) is 10.2 Å². The zero-order chi connectivity index (χ0) is 18.1. The van der Waals surface area contributed by atoms with Gasteiger partial charge in [-0.1, -0.05) is 45.0 Å². The molecule has 0 saturated heterocycles. The molecule has 3 aromatic rings. The zero-order valence-corrected chi connectivity index (χ0v) is 16.5. The summed E-state index contributed by atoms with van der Waals surface area (Å²) >= 11 is 4.92. The van der Waals surface area contributed by atoms with Gasteiger partial charge in [0.1, 0.15) is 11.1 Å². The van der Waals surface area contributed by atoms with Crippen molar-refractivity contribution in [1.82, 2.24) is 15.1 Å². The molecule has 1 aromatic carbocycles. The normalized spacial score (nSPS) is 12.8. The van der Waals surface area contributed by atoms with E-state index >= 15 is 0 Å². The summed E-state index contributed by atoms with van der Waals surface area (Å²) in [7, 11) is 0. The van der Waals surface area contributed by atoms with Crippen molar-refractivity contribution in [2.24, 2.45) is 0 Å². The fourth-order valence-electron chi connectivity index (χ4n) is 3.17. The van der Waals surface area contributed by atoms with Crippen molar-refractivity contribution >= 4 is 27.7 Å². The van der Waals surface area contributed by atoms with Crippen LogP contribution in [0.5, 0.6) is 0 Å². The molecule has 1 aliphatic rings. The van der Waals surface area contributed by atoms with Gasteiger partial charge in [0.25, 0.3) is 0 Å². The number of benzene rings is 1. The maximum Gasteiger partial charge on any atom is 0.237 e. The summed E-state index contributed by atoms with van der Waals surface area (Å²) in [6.07, 6.45) is 3.12. The standard InChI is InChI=1S/C19H15BrN4OS/c1-11-14-6-3-7-16(14)22-19(15(11)9-21)26-10-17-23-18(24-25-17)12-4-2-5-13(20)8-12/h2,4-5,8H,3,6-7,10H2,1H3. The van der Waals surface area contributed by atoms with E-state index in [0.29, 0.717) is 23.0 Å². The first kappa shape index (κ1) is 17.3. The van der Waals surface area contributed by atoms with E-state index in [-0.39, 0.29) is 0 Å². The van der Waals surface area contributed by atoms with Crippen molar-refractivity contribution < 1.29 is 4.52 Å². The van der Waals surface area contributed by atoms with Crippen molar-refractivity contribution in [2.45, 2.75) is 37.0 Å². The average molecular weight is 427 g/mol. The highest BCUT2D eigenvalue weighted by atomic mass is 79.9. The van der Waals surface area contributed by atoms with Crippen LogP contribution in [0.1, 0.15) is 34.7 Å². The summed E-state index contributed by atoms with van der Waals surface area (Å²) in [6.45, 7) is 2.02. The van der Waals surface area contributed by atoms with Crippen molar-refractivity contribution in [3.63, 3.8) is 0 Å². The number of halogens is 1. The van der Waals surface area contributed by atoms with Crippen molar-refractivity contribution in [3.05, 3.63) is 57.0 Å². The average Bonchev–Trinajstić information content (AvgIpc) is 3.29. The van der Waals surface area contributed by atoms with E-state index in [1.807, 2.05) is 31.2 Å². The molecular weight excluding hydrogens is 412 g/mol. The minimum atomic E-state index is 0.487. The number of hydrogen-bond donors (Lipinski definition) is 0. The van der Waals surface area contributed by atoms with Crippen molar-refractivity contribution in [2.75, 3.05) is 0 Å². The Kier molecular flexibility index (Phi) is 4.79. The Balaban J connectivity index is 1.55. The summed E-state index contributed by atoms with van der Waals surface area (Å²) in [4.78, 5) is 9.18. The molecule has 2 aromatic heterocycles. The molecule has 2 heterocycles. The molecule has 0 amide bonds. The second-order valence-corrected chi connectivity index (χ2v) is 8.00. The van der Waals surface area contributed by atoms with E-state index in [1.54, 1.807) is 0 Å². The molecule has 0 N–H and O–H groups in total. The van der Waals surface area contributed by atoms with Gasteiger partial charge < -0.3 is 4.52 Å². The van der Waals surface area contributed by atoms with Crippen LogP contribution in [0.2, 0.25) is 0 Å². The Labute approximate surface area is 164 Å². The minimum Gasteiger partial charge on any atom is -0.338 e. The fourth-order valence-corrected chi connectivity index (χ4v) is 4.46. The third kappa shape index (κ3) is 3.27. The molecule has 0 saturated carbocycles. The number of aromatic nitrogens is 3. The fraction of sp³-hybridized carbons (Fsp3) is 0.263. The highest BCUT2D eigenvalue weighted by Gasteiger charge is 2.21. The molecule has 0 atom stereocenters. The van der Waals surface area contributed by atoms with Gasteiger partial charge in [-0.25, -0.2) is 4.98 Å². The van der Waals surface area contributed by atoms with Gasteiger partial charge >= 0.3 is 0 Å². The molecule has 0 radical (unpaired) electrons. The summed E-state index contributed by atoms with van der Waals surface area (Å²) in [5.74, 6) is 1.57. The van der Waals surface area contributed by atoms with Crippen LogP contribution in [0, 0.1) is 18.3 Å². The van der Waals surface area contributed by atoms with Gasteiger partial charge in [0, 0.05) is 15.7 Å². The molecule has 7 heteroatoms. The molecule has 0 fully saturated rings. The predicted molar refractivity (Wildman–Crippen MR) is 103 cm³/mol. The predicted octanol–water partition coefficient (Wildman–Crippen LogP) is 4.86. The maximum absolute atomic E-state index is 9.55. The molecule has 4 rings (SSSR count). The van der Waals surface area contributed by atoms with Crippen LogP contribution in [-0.4, -0.2) is 15.1 Å². The first-order valence-corrected chi connectivity index (χ1v) is 10.1. The van der Waals surface area contributed by atoms with E-state index in [4.69, 9.17) is 9.51 Å². The lowest BCUT2D eigenvalue weighted by Crippen LogP contribution is -2.00. The van der Waals surface area contributed by atoms with E-state index < -0.39 is 0 Å². The Morgan fingerprint density at radius 2 is 2.19 bits per heavy atom. The number of nitriles is 1. The van der Waals surface area contributed by atoms with E-state index in [9.17, 15) is 5.26 Å². The van der Waals surface area contributed by atoms with Crippen LogP contribution >= 0.6 is 27.7 Å². The quantitative estimate of drug-likeness (QED) is 0.554. The minimum absolute atomic E-state index is 0.487. The van der Waals surface area contributed by atoms with E-state index in [2.05, 4.69) is 32.1 Å². The van der Waals surface area contributed by atoms with Gasteiger partial charge in [-0.3, -0.25) is 0 Å². The second-order valence-electron chi connectivity index (χ2n) is 6.12. The zero-order valence-electron chi connectivity index (χ0n) is 14.1. The van der Waals surface area contributed by atoms with Crippen LogP contribution in [0.25, 0.3) is 11.4 Å². The van der Waals surface area contributed by atoms with Gasteiger partial charge in [0.15, 0.2) is 0 Å². The maximum atomic E-state index is 9.55. The molecule has 1 aliphatic carbocycles. The topological polar surface area (TPSA) is 75.6 Å². The monoisotopic (exact) mass is 426 g/mol. The Morgan fingerprint density at radius 1 is 1.31 bits per heavy atom. The molecule has 0 aliphatic heterocycles. The molecule has 26 heavy (non-hydrogen) atoms. The number of hydrogen-bond acceptors (Lipinski definition) is 6. The molecule has 5 nitrogen and oxygen atoms in total. The highest BCUT2D eigenvalue weighted by Crippen LogP contribution is 2.33. The van der Waals surface area contributed by atoms with Crippen LogP contribution < -0.4 is 0 Å². The number of nitrogens with zero attached hydrogens (tertiary/aromatic N) is 4. The van der Waals surface area contributed by atoms with E-state index in [0.717, 1.165) is 45.6 Å². The van der Waals surface area contributed by atoms with E-state index in [1.165, 1.54) is 17.3 Å². The number of aryl methyl sites for hydroxylation is 1. The summed E-state index contributed by atoms with van der Waals surface area (Å²) in [5, 5.41) is 14.4. The highest BCUT2D eigenvalue weighted by molar-refractivity contribution is 9.10. The second kappa shape index (κ2) is 7.22. The first-order chi connectivity index (χ1) is 12.7. The largest absolute Gasteiger partial charge is 0.338 e. The third-order valence-corrected chi connectivity index (χ3v) is 5.92. The van der Waals surface area contributed by atoms with Gasteiger partial charge in [0.05, 0.1) is 11.3 Å². The summed E-state index contributed by atoms with van der Waals surface area (Å²) in [6, 6.07) is 10.1. The van der Waals surface area contributed by atoms with Gasteiger partial charge in [0.2, 0.25) is 11.7 Å². The number of rotatable bonds is 4. The Morgan fingerprint density at radius 3 is 3.00 bits per heavy atom. The van der Waals surface area contributed by atoms with Gasteiger partial charge in [-0.05, 0) is 49.4 Å². The van der Waals surface area contributed by atoms with Crippen LogP contribution in [-0.2, 0) is 18.6 Å². The molecule has 0 unspecified atom stereocenters. The summed E-state index contributed by atoms with van der Waals surface area (Å²) < 4.78 is 6.33. The van der Waals surface area contributed by atoms with Crippen LogP contribution in [0.15, 0.2) is 38.3 Å².